The molecule has 0 radical (unpaired) electrons. The number of amides is 1. The summed E-state index contributed by atoms with van der Waals surface area (Å²) in [6, 6.07) is 11.4. The summed E-state index contributed by atoms with van der Waals surface area (Å²) in [5.74, 6) is 0.718. The molecule has 5 nitrogen and oxygen atoms in total. The lowest BCUT2D eigenvalue weighted by Crippen LogP contribution is -2.39. The highest BCUT2D eigenvalue weighted by Crippen LogP contribution is 2.33. The van der Waals surface area contributed by atoms with E-state index in [-0.39, 0.29) is 11.9 Å². The lowest BCUT2D eigenvalue weighted by molar-refractivity contribution is -0.134. The molecule has 3 rings (SSSR count). The first-order valence-corrected chi connectivity index (χ1v) is 9.26. The summed E-state index contributed by atoms with van der Waals surface area (Å²) in [5, 5.41) is 6.88. The molecule has 0 spiro atoms. The van der Waals surface area contributed by atoms with Gasteiger partial charge in [-0.1, -0.05) is 30.7 Å². The number of hydrogen-bond acceptors (Lipinski definition) is 4. The van der Waals surface area contributed by atoms with Gasteiger partial charge in [-0.15, -0.1) is 0 Å². The van der Waals surface area contributed by atoms with Crippen molar-refractivity contribution in [1.82, 2.24) is 9.91 Å². The fourth-order valence-corrected chi connectivity index (χ4v) is 3.14. The van der Waals surface area contributed by atoms with Gasteiger partial charge in [-0.05, 0) is 50.2 Å². The van der Waals surface area contributed by atoms with Crippen molar-refractivity contribution in [2.24, 2.45) is 5.10 Å². The standard InChI is InChI=1S/C20H24ClN3O2/c1-4-14(2)23(3)13-20(25)24-18(19-6-5-11-26-19)12-17(22-24)15-7-9-16(21)10-8-15/h5-11,14,18H,4,12-13H2,1-3H3. The van der Waals surface area contributed by atoms with Gasteiger partial charge in [-0.3, -0.25) is 9.69 Å². The summed E-state index contributed by atoms with van der Waals surface area (Å²) >= 11 is 5.98. The van der Waals surface area contributed by atoms with Gasteiger partial charge >= 0.3 is 0 Å². The molecule has 0 bridgehead atoms. The number of nitrogens with zero attached hydrogens (tertiary/aromatic N) is 3. The van der Waals surface area contributed by atoms with Gasteiger partial charge in [0.1, 0.15) is 11.8 Å². The maximum atomic E-state index is 12.9. The molecule has 1 aliphatic rings. The monoisotopic (exact) mass is 373 g/mol. The van der Waals surface area contributed by atoms with E-state index in [0.29, 0.717) is 24.0 Å². The van der Waals surface area contributed by atoms with Crippen LogP contribution in [0.1, 0.15) is 44.1 Å². The molecule has 2 unspecified atom stereocenters. The fourth-order valence-electron chi connectivity index (χ4n) is 3.01. The summed E-state index contributed by atoms with van der Waals surface area (Å²) in [4.78, 5) is 15.0. The molecule has 1 aromatic carbocycles. The molecular formula is C20H24ClN3O2. The Morgan fingerprint density at radius 2 is 2.12 bits per heavy atom. The maximum absolute atomic E-state index is 12.9. The second-order valence-corrected chi connectivity index (χ2v) is 7.14. The van der Waals surface area contributed by atoms with E-state index in [9.17, 15) is 4.79 Å². The first kappa shape index (κ1) is 18.7. The second kappa shape index (κ2) is 8.06. The maximum Gasteiger partial charge on any atom is 0.257 e. The Balaban J connectivity index is 1.84. The van der Waals surface area contributed by atoms with Crippen LogP contribution in [0.2, 0.25) is 5.02 Å². The van der Waals surface area contributed by atoms with E-state index >= 15 is 0 Å². The molecule has 0 saturated carbocycles. The third kappa shape index (κ3) is 4.00. The third-order valence-corrected chi connectivity index (χ3v) is 5.19. The van der Waals surface area contributed by atoms with Gasteiger partial charge in [0.2, 0.25) is 0 Å². The predicted octanol–water partition coefficient (Wildman–Crippen LogP) is 4.34. The van der Waals surface area contributed by atoms with Gasteiger partial charge in [0.15, 0.2) is 0 Å². The largest absolute Gasteiger partial charge is 0.467 e. The average molecular weight is 374 g/mol. The summed E-state index contributed by atoms with van der Waals surface area (Å²) in [6.07, 6.45) is 3.24. The van der Waals surface area contributed by atoms with Crippen molar-refractivity contribution in [2.75, 3.05) is 13.6 Å². The molecule has 2 heterocycles. The Morgan fingerprint density at radius 3 is 2.73 bits per heavy atom. The summed E-state index contributed by atoms with van der Waals surface area (Å²) < 4.78 is 5.57. The van der Waals surface area contributed by atoms with Crippen molar-refractivity contribution in [3.8, 4) is 0 Å². The van der Waals surface area contributed by atoms with Crippen LogP contribution in [-0.4, -0.2) is 41.2 Å². The van der Waals surface area contributed by atoms with Crippen LogP contribution in [0.25, 0.3) is 0 Å². The van der Waals surface area contributed by atoms with E-state index in [4.69, 9.17) is 16.0 Å². The number of furan rings is 1. The molecule has 26 heavy (non-hydrogen) atoms. The number of carbonyl (C=O) groups excluding carboxylic acids is 1. The number of rotatable bonds is 6. The van der Waals surface area contributed by atoms with Crippen LogP contribution in [0.4, 0.5) is 0 Å². The summed E-state index contributed by atoms with van der Waals surface area (Å²) in [7, 11) is 1.97. The highest BCUT2D eigenvalue weighted by atomic mass is 35.5. The number of hydrogen-bond donors (Lipinski definition) is 0. The average Bonchev–Trinajstić information content (AvgIpc) is 3.30. The molecule has 0 aliphatic carbocycles. The van der Waals surface area contributed by atoms with Gasteiger partial charge in [0.05, 0.1) is 18.5 Å². The Morgan fingerprint density at radius 1 is 1.38 bits per heavy atom. The topological polar surface area (TPSA) is 49.1 Å². The zero-order valence-corrected chi connectivity index (χ0v) is 16.1. The molecule has 2 aromatic rings. The van der Waals surface area contributed by atoms with E-state index in [1.54, 1.807) is 11.3 Å². The van der Waals surface area contributed by atoms with Crippen LogP contribution in [0.5, 0.6) is 0 Å². The number of likely N-dealkylation sites (N-methyl/N-ethyl adjacent to an activating group) is 1. The van der Waals surface area contributed by atoms with E-state index in [1.807, 2.05) is 43.4 Å². The number of hydrazone groups is 1. The second-order valence-electron chi connectivity index (χ2n) is 6.70. The Bertz CT molecular complexity index is 771. The number of benzene rings is 1. The molecule has 1 aliphatic heterocycles. The van der Waals surface area contributed by atoms with Gasteiger partial charge < -0.3 is 4.42 Å². The highest BCUT2D eigenvalue weighted by Gasteiger charge is 2.35. The zero-order chi connectivity index (χ0) is 18.7. The first-order chi connectivity index (χ1) is 12.5. The lowest BCUT2D eigenvalue weighted by atomic mass is 10.0. The minimum Gasteiger partial charge on any atom is -0.467 e. The lowest BCUT2D eigenvalue weighted by Gasteiger charge is -2.26. The minimum absolute atomic E-state index is 0.0295. The van der Waals surface area contributed by atoms with Gasteiger partial charge in [-0.2, -0.15) is 5.10 Å². The van der Waals surface area contributed by atoms with Gasteiger partial charge in [0, 0.05) is 17.5 Å². The van der Waals surface area contributed by atoms with E-state index in [2.05, 4.69) is 23.8 Å². The summed E-state index contributed by atoms with van der Waals surface area (Å²) in [6.45, 7) is 4.55. The predicted molar refractivity (Wildman–Crippen MR) is 103 cm³/mol. The van der Waals surface area contributed by atoms with Crippen molar-refractivity contribution in [1.29, 1.82) is 0 Å². The number of carbonyl (C=O) groups is 1. The normalized spacial score (nSPS) is 18.3. The van der Waals surface area contributed by atoms with Crippen LogP contribution in [-0.2, 0) is 4.79 Å². The quantitative estimate of drug-likeness (QED) is 0.756. The summed E-state index contributed by atoms with van der Waals surface area (Å²) in [5.41, 5.74) is 1.83. The highest BCUT2D eigenvalue weighted by molar-refractivity contribution is 6.30. The Labute approximate surface area is 159 Å². The zero-order valence-electron chi connectivity index (χ0n) is 15.4. The van der Waals surface area contributed by atoms with E-state index < -0.39 is 0 Å². The van der Waals surface area contributed by atoms with Crippen LogP contribution in [0.3, 0.4) is 0 Å². The van der Waals surface area contributed by atoms with Crippen molar-refractivity contribution in [2.45, 2.75) is 38.8 Å². The molecule has 1 amide bonds. The van der Waals surface area contributed by atoms with E-state index in [1.165, 1.54) is 0 Å². The van der Waals surface area contributed by atoms with Crippen LogP contribution in [0.15, 0.2) is 52.2 Å². The van der Waals surface area contributed by atoms with Gasteiger partial charge in [-0.25, -0.2) is 5.01 Å². The molecule has 1 aromatic heterocycles. The van der Waals surface area contributed by atoms with Crippen molar-refractivity contribution in [3.63, 3.8) is 0 Å². The van der Waals surface area contributed by atoms with Crippen LogP contribution < -0.4 is 0 Å². The molecule has 0 N–H and O–H groups in total. The SMILES string of the molecule is CCC(C)N(C)CC(=O)N1N=C(c2ccc(Cl)cc2)CC1c1ccco1. The molecule has 138 valence electrons. The number of halogens is 1. The molecule has 2 atom stereocenters. The first-order valence-electron chi connectivity index (χ1n) is 8.88. The molecular weight excluding hydrogens is 350 g/mol. The van der Waals surface area contributed by atoms with Crippen molar-refractivity contribution < 1.29 is 9.21 Å². The van der Waals surface area contributed by atoms with Gasteiger partial charge in [0.25, 0.3) is 5.91 Å². The Kier molecular flexibility index (Phi) is 5.79. The van der Waals surface area contributed by atoms with Crippen LogP contribution >= 0.6 is 11.6 Å². The van der Waals surface area contributed by atoms with Crippen LogP contribution in [0, 0.1) is 0 Å². The molecule has 0 saturated heterocycles. The minimum atomic E-state index is -0.214. The molecule has 0 fully saturated rings. The van der Waals surface area contributed by atoms with Crippen molar-refractivity contribution >= 4 is 23.2 Å². The van der Waals surface area contributed by atoms with Crippen molar-refractivity contribution in [3.05, 3.63) is 59.0 Å². The third-order valence-electron chi connectivity index (χ3n) is 4.94. The van der Waals surface area contributed by atoms with E-state index in [0.717, 1.165) is 23.5 Å². The molecule has 6 heteroatoms. The smallest absolute Gasteiger partial charge is 0.257 e. The fraction of sp³-hybridized carbons (Fsp3) is 0.400. The Hall–Kier alpha value is -2.11.